The molecule has 0 saturated heterocycles. The summed E-state index contributed by atoms with van der Waals surface area (Å²) in [7, 11) is 0. The van der Waals surface area contributed by atoms with Crippen LogP contribution in [0.4, 0.5) is 0 Å². The molecule has 130 valence electrons. The lowest BCUT2D eigenvalue weighted by Gasteiger charge is -2.00. The average molecular weight is 326 g/mol. The molecule has 0 aliphatic rings. The molecule has 0 bridgehead atoms. The Labute approximate surface area is 145 Å². The Kier molecular flexibility index (Phi) is 9.38. The second-order valence-corrected chi connectivity index (χ2v) is 6.15. The van der Waals surface area contributed by atoms with Gasteiger partial charge in [0.1, 0.15) is 0 Å². The van der Waals surface area contributed by atoms with Crippen LogP contribution in [0.25, 0.3) is 0 Å². The second-order valence-electron chi connectivity index (χ2n) is 6.15. The van der Waals surface area contributed by atoms with E-state index in [1.807, 2.05) is 49.1 Å². The van der Waals surface area contributed by atoms with E-state index in [4.69, 9.17) is 0 Å². The highest BCUT2D eigenvalue weighted by atomic mass is 14.8. The summed E-state index contributed by atoms with van der Waals surface area (Å²) in [5.41, 5.74) is 2.18. The van der Waals surface area contributed by atoms with E-state index in [1.54, 1.807) is 0 Å². The van der Waals surface area contributed by atoms with Crippen molar-refractivity contribution in [2.45, 2.75) is 51.4 Å². The van der Waals surface area contributed by atoms with Gasteiger partial charge < -0.3 is 9.97 Å². The van der Waals surface area contributed by atoms with Crippen LogP contribution in [0.2, 0.25) is 0 Å². The zero-order valence-electron chi connectivity index (χ0n) is 14.6. The highest BCUT2D eigenvalue weighted by molar-refractivity contribution is 5.77. The third-order valence-corrected chi connectivity index (χ3v) is 4.03. The Bertz CT molecular complexity index is 500. The highest BCUT2D eigenvalue weighted by Crippen LogP contribution is 2.08. The molecule has 4 nitrogen and oxygen atoms in total. The summed E-state index contributed by atoms with van der Waals surface area (Å²) in [6.45, 7) is 1.88. The quantitative estimate of drug-likeness (QED) is 0.384. The molecular weight excluding hydrogens is 296 g/mol. The monoisotopic (exact) mass is 326 g/mol. The van der Waals surface area contributed by atoms with Gasteiger partial charge in [-0.1, -0.05) is 38.5 Å². The number of aromatic nitrogens is 2. The summed E-state index contributed by atoms with van der Waals surface area (Å²) in [6.07, 6.45) is 18.1. The van der Waals surface area contributed by atoms with Crippen molar-refractivity contribution in [3.05, 3.63) is 48.0 Å². The second kappa shape index (κ2) is 12.3. The van der Waals surface area contributed by atoms with Crippen LogP contribution in [-0.2, 0) is 0 Å². The Morgan fingerprint density at radius 1 is 0.625 bits per heavy atom. The minimum absolute atomic E-state index is 0.942. The van der Waals surface area contributed by atoms with Crippen LogP contribution >= 0.6 is 0 Å². The molecule has 0 radical (unpaired) electrons. The molecule has 2 aromatic heterocycles. The number of unbranched alkanes of at least 4 members (excludes halogenated alkanes) is 7. The molecule has 4 heteroatoms. The van der Waals surface area contributed by atoms with Gasteiger partial charge in [-0.3, -0.25) is 9.98 Å². The van der Waals surface area contributed by atoms with Crippen LogP contribution in [0.5, 0.6) is 0 Å². The van der Waals surface area contributed by atoms with Gasteiger partial charge in [-0.25, -0.2) is 0 Å². The number of nitrogens with one attached hydrogen (secondary N) is 2. The Morgan fingerprint density at radius 3 is 1.42 bits per heavy atom. The lowest BCUT2D eigenvalue weighted by molar-refractivity contribution is 0.573. The van der Waals surface area contributed by atoms with Crippen LogP contribution in [0.3, 0.4) is 0 Å². The normalized spacial score (nSPS) is 11.8. The smallest absolute Gasteiger partial charge is 0.0561 e. The van der Waals surface area contributed by atoms with Gasteiger partial charge in [-0.15, -0.1) is 0 Å². The Morgan fingerprint density at radius 2 is 1.04 bits per heavy atom. The summed E-state index contributed by atoms with van der Waals surface area (Å²) in [6, 6.07) is 8.06. The maximum atomic E-state index is 4.44. The van der Waals surface area contributed by atoms with Crippen molar-refractivity contribution in [3.8, 4) is 0 Å². The van der Waals surface area contributed by atoms with Gasteiger partial charge in [0.05, 0.1) is 11.4 Å². The van der Waals surface area contributed by atoms with E-state index in [9.17, 15) is 0 Å². The molecule has 2 rings (SSSR count). The average Bonchev–Trinajstić information content (AvgIpc) is 3.28. The molecule has 0 spiro atoms. The van der Waals surface area contributed by atoms with Crippen LogP contribution in [0, 0.1) is 0 Å². The minimum Gasteiger partial charge on any atom is -0.360 e. The highest BCUT2D eigenvalue weighted by Gasteiger charge is 1.92. The summed E-state index contributed by atoms with van der Waals surface area (Å²) in [5, 5.41) is 0. The number of aliphatic imine (C=N–C) groups is 2. The lowest BCUT2D eigenvalue weighted by Crippen LogP contribution is -1.87. The molecule has 2 N–H and O–H groups in total. The van der Waals surface area contributed by atoms with E-state index in [0.717, 1.165) is 24.5 Å². The van der Waals surface area contributed by atoms with E-state index in [2.05, 4.69) is 20.0 Å². The van der Waals surface area contributed by atoms with Gasteiger partial charge in [0, 0.05) is 37.9 Å². The molecule has 0 unspecified atom stereocenters. The summed E-state index contributed by atoms with van der Waals surface area (Å²) >= 11 is 0. The predicted octanol–water partition coefficient (Wildman–Crippen LogP) is 5.00. The molecule has 0 amide bonds. The largest absolute Gasteiger partial charge is 0.360 e. The first-order valence-electron chi connectivity index (χ1n) is 9.21. The van der Waals surface area contributed by atoms with E-state index in [-0.39, 0.29) is 0 Å². The van der Waals surface area contributed by atoms with Crippen molar-refractivity contribution in [3.63, 3.8) is 0 Å². The zero-order chi connectivity index (χ0) is 16.7. The van der Waals surface area contributed by atoms with E-state index < -0.39 is 0 Å². The van der Waals surface area contributed by atoms with Gasteiger partial charge in [-0.2, -0.15) is 0 Å². The van der Waals surface area contributed by atoms with Gasteiger partial charge >= 0.3 is 0 Å². The molecule has 0 saturated carbocycles. The van der Waals surface area contributed by atoms with Crippen molar-refractivity contribution in [2.24, 2.45) is 9.98 Å². The Balaban J connectivity index is 1.32. The van der Waals surface area contributed by atoms with Crippen molar-refractivity contribution < 1.29 is 0 Å². The van der Waals surface area contributed by atoms with E-state index in [1.165, 1.54) is 51.4 Å². The van der Waals surface area contributed by atoms with Crippen molar-refractivity contribution in [1.29, 1.82) is 0 Å². The van der Waals surface area contributed by atoms with Crippen LogP contribution < -0.4 is 0 Å². The molecule has 0 aliphatic carbocycles. The molecule has 0 aromatic carbocycles. The SMILES string of the molecule is C(=NCCCCCCCCCCN=Cc1ccc[nH]1)c1ccc[nH]1. The first kappa shape index (κ1) is 18.2. The third kappa shape index (κ3) is 8.51. The standard InChI is InChI=1S/C20H30N4/c1(3-5-7-13-21-17-19-11-9-15-23-19)2-4-6-8-14-22-18-20-12-10-16-24-20/h9-12,15-18,23-24H,1-8,13-14H2. The fourth-order valence-corrected chi connectivity index (χ4v) is 2.64. The van der Waals surface area contributed by atoms with Crippen molar-refractivity contribution in [1.82, 2.24) is 9.97 Å². The number of hydrogen-bond acceptors (Lipinski definition) is 2. The number of nitrogens with zero attached hydrogens (tertiary/aromatic N) is 2. The van der Waals surface area contributed by atoms with Crippen LogP contribution in [0.1, 0.15) is 62.8 Å². The first-order chi connectivity index (χ1) is 11.9. The summed E-state index contributed by atoms with van der Waals surface area (Å²) in [4.78, 5) is 15.1. The number of rotatable bonds is 13. The van der Waals surface area contributed by atoms with Crippen LogP contribution in [0.15, 0.2) is 46.6 Å². The van der Waals surface area contributed by atoms with Gasteiger partial charge in [-0.05, 0) is 37.1 Å². The summed E-state index contributed by atoms with van der Waals surface area (Å²) < 4.78 is 0. The first-order valence-corrected chi connectivity index (χ1v) is 9.21. The third-order valence-electron chi connectivity index (χ3n) is 4.03. The number of hydrogen-bond donors (Lipinski definition) is 2. The fraction of sp³-hybridized carbons (Fsp3) is 0.500. The van der Waals surface area contributed by atoms with E-state index in [0.29, 0.717) is 0 Å². The zero-order valence-corrected chi connectivity index (χ0v) is 14.6. The maximum absolute atomic E-state index is 4.44. The summed E-state index contributed by atoms with van der Waals surface area (Å²) in [5.74, 6) is 0. The van der Waals surface area contributed by atoms with Crippen molar-refractivity contribution in [2.75, 3.05) is 13.1 Å². The van der Waals surface area contributed by atoms with Crippen LogP contribution in [-0.4, -0.2) is 35.5 Å². The molecule has 0 atom stereocenters. The lowest BCUT2D eigenvalue weighted by atomic mass is 10.1. The van der Waals surface area contributed by atoms with Gasteiger partial charge in [0.15, 0.2) is 0 Å². The number of aromatic amines is 2. The maximum Gasteiger partial charge on any atom is 0.0561 e. The van der Waals surface area contributed by atoms with Crippen molar-refractivity contribution >= 4 is 12.4 Å². The fourth-order valence-electron chi connectivity index (χ4n) is 2.64. The predicted molar refractivity (Wildman–Crippen MR) is 103 cm³/mol. The minimum atomic E-state index is 0.942. The van der Waals surface area contributed by atoms with E-state index >= 15 is 0 Å². The molecule has 0 fully saturated rings. The van der Waals surface area contributed by atoms with Gasteiger partial charge in [0.25, 0.3) is 0 Å². The van der Waals surface area contributed by atoms with Gasteiger partial charge in [0.2, 0.25) is 0 Å². The Hall–Kier alpha value is -2.10. The molecule has 24 heavy (non-hydrogen) atoms. The molecular formula is C20H30N4. The number of H-pyrrole nitrogens is 2. The topological polar surface area (TPSA) is 56.3 Å². The molecule has 0 aliphatic heterocycles. The molecule has 2 heterocycles. The molecule has 2 aromatic rings.